The van der Waals surface area contributed by atoms with Gasteiger partial charge in [-0.3, -0.25) is 0 Å². The lowest BCUT2D eigenvalue weighted by atomic mass is 10.0. The van der Waals surface area contributed by atoms with E-state index in [4.69, 9.17) is 15.0 Å². The molecule has 2 unspecified atom stereocenters. The monoisotopic (exact) mass is 259 g/mol. The van der Waals surface area contributed by atoms with Gasteiger partial charge in [0.05, 0.1) is 6.61 Å². The number of nitrogens with zero attached hydrogens (tertiary/aromatic N) is 2. The molecule has 1 aromatic carbocycles. The van der Waals surface area contributed by atoms with Crippen LogP contribution in [0.1, 0.15) is 42.1 Å². The summed E-state index contributed by atoms with van der Waals surface area (Å²) in [5.41, 5.74) is 7.10. The second kappa shape index (κ2) is 5.50. The van der Waals surface area contributed by atoms with Crippen LogP contribution in [0.4, 0.5) is 0 Å². The van der Waals surface area contributed by atoms with Gasteiger partial charge in [0, 0.05) is 12.5 Å². The predicted molar refractivity (Wildman–Crippen MR) is 69.6 cm³/mol. The van der Waals surface area contributed by atoms with E-state index >= 15 is 0 Å². The van der Waals surface area contributed by atoms with Crippen molar-refractivity contribution in [2.45, 2.75) is 24.8 Å². The Bertz CT molecular complexity index is 520. The first kappa shape index (κ1) is 12.3. The van der Waals surface area contributed by atoms with E-state index in [2.05, 4.69) is 10.1 Å². The summed E-state index contributed by atoms with van der Waals surface area (Å²) in [7, 11) is 0. The second-order valence-electron chi connectivity index (χ2n) is 4.79. The van der Waals surface area contributed by atoms with Crippen molar-refractivity contribution >= 4 is 0 Å². The highest BCUT2D eigenvalue weighted by Crippen LogP contribution is 2.25. The number of aromatic nitrogens is 2. The molecule has 19 heavy (non-hydrogen) atoms. The Hall–Kier alpha value is -1.72. The van der Waals surface area contributed by atoms with E-state index < -0.39 is 0 Å². The van der Waals surface area contributed by atoms with Crippen molar-refractivity contribution in [3.63, 3.8) is 0 Å². The molecule has 1 fully saturated rings. The van der Waals surface area contributed by atoms with Gasteiger partial charge in [-0.1, -0.05) is 35.5 Å². The molecule has 2 heterocycles. The van der Waals surface area contributed by atoms with E-state index in [0.29, 0.717) is 18.3 Å². The smallest absolute Gasteiger partial charge is 0.248 e. The lowest BCUT2D eigenvalue weighted by molar-refractivity contribution is 0.0773. The summed E-state index contributed by atoms with van der Waals surface area (Å²) in [6.07, 6.45) is 2.08. The number of nitrogens with two attached hydrogens (primary N) is 1. The minimum absolute atomic E-state index is 0.231. The summed E-state index contributed by atoms with van der Waals surface area (Å²) < 4.78 is 10.7. The molecule has 0 radical (unpaired) electrons. The molecule has 1 aliphatic rings. The normalized spacial score (nSPS) is 21.2. The molecule has 100 valence electrons. The third-order valence-electron chi connectivity index (χ3n) is 3.41. The molecule has 1 aromatic heterocycles. The van der Waals surface area contributed by atoms with E-state index in [9.17, 15) is 0 Å². The maximum atomic E-state index is 6.13. The van der Waals surface area contributed by atoms with Crippen LogP contribution < -0.4 is 5.73 Å². The molecule has 2 atom stereocenters. The molecule has 1 aliphatic heterocycles. The van der Waals surface area contributed by atoms with E-state index in [-0.39, 0.29) is 12.0 Å². The molecule has 0 amide bonds. The largest absolute Gasteiger partial charge is 0.381 e. The van der Waals surface area contributed by atoms with Crippen LogP contribution in [0.2, 0.25) is 0 Å². The van der Waals surface area contributed by atoms with Gasteiger partial charge in [-0.2, -0.15) is 4.98 Å². The molecule has 0 saturated carbocycles. The zero-order chi connectivity index (χ0) is 13.1. The van der Waals surface area contributed by atoms with Gasteiger partial charge in [0.2, 0.25) is 5.89 Å². The third-order valence-corrected chi connectivity index (χ3v) is 3.41. The summed E-state index contributed by atoms with van der Waals surface area (Å²) in [4.78, 5) is 4.43. The lowest BCUT2D eigenvalue weighted by Crippen LogP contribution is -2.17. The second-order valence-corrected chi connectivity index (χ2v) is 4.79. The number of hydrogen-bond acceptors (Lipinski definition) is 5. The minimum Gasteiger partial charge on any atom is -0.381 e. The van der Waals surface area contributed by atoms with Gasteiger partial charge in [0.15, 0.2) is 5.82 Å². The summed E-state index contributed by atoms with van der Waals surface area (Å²) >= 11 is 0. The Labute approximate surface area is 111 Å². The van der Waals surface area contributed by atoms with Gasteiger partial charge in [-0.25, -0.2) is 0 Å². The van der Waals surface area contributed by atoms with Crippen molar-refractivity contribution in [2.24, 2.45) is 5.73 Å². The fourth-order valence-corrected chi connectivity index (χ4v) is 2.29. The van der Waals surface area contributed by atoms with Gasteiger partial charge in [0.25, 0.3) is 0 Å². The third kappa shape index (κ3) is 2.67. The first-order valence-corrected chi connectivity index (χ1v) is 6.56. The first-order chi connectivity index (χ1) is 9.34. The molecule has 2 N–H and O–H groups in total. The van der Waals surface area contributed by atoms with Crippen LogP contribution in [0, 0.1) is 0 Å². The van der Waals surface area contributed by atoms with Gasteiger partial charge < -0.3 is 15.0 Å². The van der Waals surface area contributed by atoms with Crippen LogP contribution >= 0.6 is 0 Å². The lowest BCUT2D eigenvalue weighted by Gasteiger charge is -2.18. The molecule has 3 rings (SSSR count). The summed E-state index contributed by atoms with van der Waals surface area (Å²) in [5.74, 6) is 1.40. The van der Waals surface area contributed by atoms with Crippen molar-refractivity contribution in [3.8, 4) is 0 Å². The highest BCUT2D eigenvalue weighted by molar-refractivity contribution is 5.23. The van der Waals surface area contributed by atoms with E-state index in [1.807, 2.05) is 30.3 Å². The molecule has 2 aromatic rings. The van der Waals surface area contributed by atoms with E-state index in [1.165, 1.54) is 0 Å². The minimum atomic E-state index is -0.369. The Kier molecular flexibility index (Phi) is 3.57. The average Bonchev–Trinajstić information content (AvgIpc) is 2.98. The van der Waals surface area contributed by atoms with Crippen molar-refractivity contribution in [1.82, 2.24) is 10.1 Å². The Balaban J connectivity index is 1.77. The van der Waals surface area contributed by atoms with E-state index in [1.54, 1.807) is 0 Å². The highest BCUT2D eigenvalue weighted by Gasteiger charge is 2.23. The molecule has 0 aliphatic carbocycles. The summed E-state index contributed by atoms with van der Waals surface area (Å²) in [5, 5.41) is 4.04. The van der Waals surface area contributed by atoms with Crippen molar-refractivity contribution < 1.29 is 9.26 Å². The zero-order valence-corrected chi connectivity index (χ0v) is 10.7. The molecule has 5 heteroatoms. The topological polar surface area (TPSA) is 74.2 Å². The van der Waals surface area contributed by atoms with Crippen molar-refractivity contribution in [2.75, 3.05) is 13.2 Å². The van der Waals surface area contributed by atoms with Crippen LogP contribution in [-0.4, -0.2) is 23.4 Å². The van der Waals surface area contributed by atoms with Gasteiger partial charge >= 0.3 is 0 Å². The van der Waals surface area contributed by atoms with Crippen LogP contribution in [0.3, 0.4) is 0 Å². The molecule has 0 bridgehead atoms. The number of hydrogen-bond donors (Lipinski definition) is 1. The standard InChI is InChI=1S/C14H17N3O2/c15-12(10-5-2-1-3-6-10)14-16-13(17-19-14)11-7-4-8-18-9-11/h1-3,5-6,11-12H,4,7-9,15H2. The van der Waals surface area contributed by atoms with Crippen molar-refractivity contribution in [1.29, 1.82) is 0 Å². The Morgan fingerprint density at radius 2 is 2.11 bits per heavy atom. The first-order valence-electron chi connectivity index (χ1n) is 6.56. The molecule has 5 nitrogen and oxygen atoms in total. The summed E-state index contributed by atoms with van der Waals surface area (Å²) in [6.45, 7) is 1.49. The molecular weight excluding hydrogens is 242 g/mol. The van der Waals surface area contributed by atoms with Gasteiger partial charge in [-0.05, 0) is 18.4 Å². The SMILES string of the molecule is NC(c1ccccc1)c1nc(C2CCCOC2)no1. The van der Waals surface area contributed by atoms with E-state index in [0.717, 1.165) is 25.0 Å². The fraction of sp³-hybridized carbons (Fsp3) is 0.429. The fourth-order valence-electron chi connectivity index (χ4n) is 2.29. The van der Waals surface area contributed by atoms with Crippen LogP contribution in [-0.2, 0) is 4.74 Å². The molecule has 0 spiro atoms. The predicted octanol–water partition coefficient (Wildman–Crippen LogP) is 2.01. The maximum absolute atomic E-state index is 6.13. The maximum Gasteiger partial charge on any atom is 0.248 e. The quantitative estimate of drug-likeness (QED) is 0.912. The molecular formula is C14H17N3O2. The number of rotatable bonds is 3. The van der Waals surface area contributed by atoms with Crippen LogP contribution in [0.5, 0.6) is 0 Å². The average molecular weight is 259 g/mol. The van der Waals surface area contributed by atoms with Gasteiger partial charge in [-0.15, -0.1) is 0 Å². The molecule has 1 saturated heterocycles. The van der Waals surface area contributed by atoms with Crippen LogP contribution in [0.25, 0.3) is 0 Å². The highest BCUT2D eigenvalue weighted by atomic mass is 16.5. The number of ether oxygens (including phenoxy) is 1. The number of benzene rings is 1. The van der Waals surface area contributed by atoms with Gasteiger partial charge in [0.1, 0.15) is 6.04 Å². The van der Waals surface area contributed by atoms with Crippen molar-refractivity contribution in [3.05, 3.63) is 47.6 Å². The van der Waals surface area contributed by atoms with Crippen LogP contribution in [0.15, 0.2) is 34.9 Å². The Morgan fingerprint density at radius 1 is 1.26 bits per heavy atom. The Morgan fingerprint density at radius 3 is 2.84 bits per heavy atom. The zero-order valence-electron chi connectivity index (χ0n) is 10.7. The summed E-state index contributed by atoms with van der Waals surface area (Å²) in [6, 6.07) is 9.39.